The second-order valence-electron chi connectivity index (χ2n) is 3.50. The summed E-state index contributed by atoms with van der Waals surface area (Å²) in [5.74, 6) is 0.0343. The number of pyridine rings is 1. The lowest BCUT2D eigenvalue weighted by Crippen LogP contribution is -2.14. The predicted octanol–water partition coefficient (Wildman–Crippen LogP) is 1.43. The number of oxime groups is 1. The quantitative estimate of drug-likeness (QED) is 0.285. The Hall–Kier alpha value is -2.15. The van der Waals surface area contributed by atoms with E-state index in [1.54, 1.807) is 30.9 Å². The van der Waals surface area contributed by atoms with Gasteiger partial charge in [-0.3, -0.25) is 4.98 Å². The fourth-order valence-corrected chi connectivity index (χ4v) is 2.06. The average Bonchev–Trinajstić information content (AvgIpc) is 2.41. The van der Waals surface area contributed by atoms with Crippen LogP contribution in [0.4, 0.5) is 0 Å². The zero-order valence-electron chi connectivity index (χ0n) is 9.61. The summed E-state index contributed by atoms with van der Waals surface area (Å²) in [7, 11) is 0. The first-order chi connectivity index (χ1) is 8.70. The normalized spacial score (nSPS) is 11.5. The van der Waals surface area contributed by atoms with Crippen molar-refractivity contribution in [3.8, 4) is 0 Å². The molecule has 0 amide bonds. The van der Waals surface area contributed by atoms with E-state index in [1.165, 1.54) is 11.8 Å². The molecule has 2 rings (SSSR count). The number of nitrogens with two attached hydrogens (primary N) is 1. The molecule has 0 aliphatic heterocycles. The highest BCUT2D eigenvalue weighted by atomic mass is 32.2. The van der Waals surface area contributed by atoms with Gasteiger partial charge in [-0.15, -0.1) is 0 Å². The van der Waals surface area contributed by atoms with Gasteiger partial charge in [0.05, 0.1) is 0 Å². The van der Waals surface area contributed by atoms with Crippen LogP contribution in [0, 0.1) is 6.92 Å². The second-order valence-corrected chi connectivity index (χ2v) is 4.51. The number of aromatic nitrogens is 3. The fraction of sp³-hybridized carbons (Fsp3) is 0.0909. The van der Waals surface area contributed by atoms with Crippen LogP contribution in [0.25, 0.3) is 0 Å². The minimum Gasteiger partial charge on any atom is -0.409 e. The van der Waals surface area contributed by atoms with E-state index in [9.17, 15) is 0 Å². The maximum absolute atomic E-state index is 8.72. The maximum atomic E-state index is 8.72. The van der Waals surface area contributed by atoms with Crippen molar-refractivity contribution in [2.45, 2.75) is 17.0 Å². The van der Waals surface area contributed by atoms with Crippen LogP contribution < -0.4 is 5.73 Å². The summed E-state index contributed by atoms with van der Waals surface area (Å²) < 4.78 is 0. The Balaban J connectivity index is 2.32. The van der Waals surface area contributed by atoms with E-state index in [-0.39, 0.29) is 5.84 Å². The van der Waals surface area contributed by atoms with Crippen LogP contribution in [-0.2, 0) is 0 Å². The highest BCUT2D eigenvalue weighted by Crippen LogP contribution is 2.26. The van der Waals surface area contributed by atoms with E-state index in [2.05, 4.69) is 20.1 Å². The van der Waals surface area contributed by atoms with Gasteiger partial charge < -0.3 is 10.9 Å². The van der Waals surface area contributed by atoms with Crippen LogP contribution in [-0.4, -0.2) is 26.0 Å². The lowest BCUT2D eigenvalue weighted by Gasteiger charge is -2.05. The van der Waals surface area contributed by atoms with Gasteiger partial charge in [-0.1, -0.05) is 5.16 Å². The van der Waals surface area contributed by atoms with Gasteiger partial charge in [0.25, 0.3) is 0 Å². The number of hydrogen-bond donors (Lipinski definition) is 2. The van der Waals surface area contributed by atoms with Gasteiger partial charge in [-0.05, 0) is 30.3 Å². The lowest BCUT2D eigenvalue weighted by molar-refractivity contribution is 0.318. The Morgan fingerprint density at radius 3 is 2.72 bits per heavy atom. The Morgan fingerprint density at radius 2 is 2.06 bits per heavy atom. The molecule has 0 aliphatic carbocycles. The molecule has 2 heterocycles. The van der Waals surface area contributed by atoms with E-state index in [4.69, 9.17) is 10.9 Å². The highest BCUT2D eigenvalue weighted by Gasteiger charge is 2.09. The summed E-state index contributed by atoms with van der Waals surface area (Å²) in [5.41, 5.74) is 7.18. The molecule has 92 valence electrons. The Bertz CT molecular complexity index is 570. The number of nitrogens with zero attached hydrogens (tertiary/aromatic N) is 4. The van der Waals surface area contributed by atoms with E-state index < -0.39 is 0 Å². The molecule has 0 unspecified atom stereocenters. The van der Waals surface area contributed by atoms with Crippen molar-refractivity contribution in [1.29, 1.82) is 0 Å². The minimum absolute atomic E-state index is 0.0343. The van der Waals surface area contributed by atoms with Crippen molar-refractivity contribution in [2.75, 3.05) is 0 Å². The number of hydrogen-bond acceptors (Lipinski definition) is 6. The highest BCUT2D eigenvalue weighted by molar-refractivity contribution is 7.99. The van der Waals surface area contributed by atoms with Crippen molar-refractivity contribution in [3.63, 3.8) is 0 Å². The molecule has 0 spiro atoms. The summed E-state index contributed by atoms with van der Waals surface area (Å²) in [6.07, 6.45) is 6.67. The number of amidine groups is 1. The van der Waals surface area contributed by atoms with E-state index in [0.717, 1.165) is 10.5 Å². The molecule has 0 saturated carbocycles. The molecule has 3 N–H and O–H groups in total. The molecule has 0 bridgehead atoms. The smallest absolute Gasteiger partial charge is 0.192 e. The van der Waals surface area contributed by atoms with Crippen LogP contribution in [0.5, 0.6) is 0 Å². The molecule has 6 nitrogen and oxygen atoms in total. The molecule has 0 fully saturated rings. The van der Waals surface area contributed by atoms with Crippen molar-refractivity contribution in [3.05, 3.63) is 42.0 Å². The van der Waals surface area contributed by atoms with Crippen LogP contribution in [0.1, 0.15) is 11.1 Å². The first kappa shape index (κ1) is 12.3. The maximum Gasteiger partial charge on any atom is 0.192 e. The van der Waals surface area contributed by atoms with Gasteiger partial charge in [0, 0.05) is 35.2 Å². The molecule has 0 saturated heterocycles. The molecule has 18 heavy (non-hydrogen) atoms. The van der Waals surface area contributed by atoms with Gasteiger partial charge in [0.2, 0.25) is 0 Å². The van der Waals surface area contributed by atoms with Crippen LogP contribution in [0.2, 0.25) is 0 Å². The van der Waals surface area contributed by atoms with Gasteiger partial charge >= 0.3 is 0 Å². The zero-order valence-corrected chi connectivity index (χ0v) is 10.4. The van der Waals surface area contributed by atoms with Crippen LogP contribution in [0.3, 0.4) is 0 Å². The van der Waals surface area contributed by atoms with Crippen LogP contribution >= 0.6 is 11.8 Å². The van der Waals surface area contributed by atoms with Crippen molar-refractivity contribution >= 4 is 17.6 Å². The monoisotopic (exact) mass is 261 g/mol. The standard InChI is InChI=1S/C11H11N5OS/c1-7-4-14-11(15-5-7)18-9-6-13-3-2-8(9)10(12)16-17/h2-6,17H,1H3,(H2,12,16). The molecular weight excluding hydrogens is 250 g/mol. The van der Waals surface area contributed by atoms with Crippen molar-refractivity contribution < 1.29 is 5.21 Å². The summed E-state index contributed by atoms with van der Waals surface area (Å²) in [6, 6.07) is 1.67. The molecule has 7 heteroatoms. The fourth-order valence-electron chi connectivity index (χ4n) is 1.26. The topological polar surface area (TPSA) is 97.3 Å². The Kier molecular flexibility index (Phi) is 3.73. The minimum atomic E-state index is 0.0343. The third-order valence-electron chi connectivity index (χ3n) is 2.13. The second kappa shape index (κ2) is 5.46. The summed E-state index contributed by atoms with van der Waals surface area (Å²) in [6.45, 7) is 1.92. The summed E-state index contributed by atoms with van der Waals surface area (Å²) in [4.78, 5) is 13.1. The molecule has 0 aliphatic rings. The molecule has 2 aromatic rings. The summed E-state index contributed by atoms with van der Waals surface area (Å²) >= 11 is 1.31. The van der Waals surface area contributed by atoms with E-state index in [1.807, 2.05) is 6.92 Å². The van der Waals surface area contributed by atoms with E-state index >= 15 is 0 Å². The lowest BCUT2D eigenvalue weighted by atomic mass is 10.2. The van der Waals surface area contributed by atoms with Gasteiger partial charge in [0.15, 0.2) is 11.0 Å². The Morgan fingerprint density at radius 1 is 1.33 bits per heavy atom. The molecule has 0 aromatic carbocycles. The van der Waals surface area contributed by atoms with Crippen molar-refractivity contribution in [2.24, 2.45) is 10.9 Å². The molecular formula is C11H11N5OS. The third kappa shape index (κ3) is 2.75. The van der Waals surface area contributed by atoms with Crippen LogP contribution in [0.15, 0.2) is 46.1 Å². The largest absolute Gasteiger partial charge is 0.409 e. The average molecular weight is 261 g/mol. The van der Waals surface area contributed by atoms with Crippen molar-refractivity contribution in [1.82, 2.24) is 15.0 Å². The predicted molar refractivity (Wildman–Crippen MR) is 67.6 cm³/mol. The molecule has 0 atom stereocenters. The molecule has 2 aromatic heterocycles. The first-order valence-corrected chi connectivity index (χ1v) is 5.91. The molecule has 0 radical (unpaired) electrons. The first-order valence-electron chi connectivity index (χ1n) is 5.09. The van der Waals surface area contributed by atoms with Gasteiger partial charge in [-0.2, -0.15) is 0 Å². The number of rotatable bonds is 3. The number of aryl methyl sites for hydroxylation is 1. The van der Waals surface area contributed by atoms with Gasteiger partial charge in [-0.25, -0.2) is 9.97 Å². The summed E-state index contributed by atoms with van der Waals surface area (Å²) in [5, 5.41) is 12.3. The zero-order chi connectivity index (χ0) is 13.0. The van der Waals surface area contributed by atoms with Gasteiger partial charge in [0.1, 0.15) is 0 Å². The third-order valence-corrected chi connectivity index (χ3v) is 3.07. The Labute approximate surface area is 108 Å². The SMILES string of the molecule is Cc1cnc(Sc2cnccc2/C(N)=N/O)nc1. The van der Waals surface area contributed by atoms with E-state index in [0.29, 0.717) is 10.7 Å².